The largest absolute Gasteiger partial charge is 0.459 e. The van der Waals surface area contributed by atoms with Gasteiger partial charge >= 0.3 is 0 Å². The molecule has 0 saturated carbocycles. The van der Waals surface area contributed by atoms with Crippen LogP contribution in [0.1, 0.15) is 17.0 Å². The van der Waals surface area contributed by atoms with Crippen molar-refractivity contribution >= 4 is 29.1 Å². The molecule has 0 bridgehead atoms. The molecule has 0 spiro atoms. The average molecular weight is 396 g/mol. The lowest BCUT2D eigenvalue weighted by Gasteiger charge is -2.27. The van der Waals surface area contributed by atoms with Gasteiger partial charge in [-0.2, -0.15) is 0 Å². The number of rotatable bonds is 4. The highest BCUT2D eigenvalue weighted by atomic mass is 19.1. The standard InChI is InChI=1S/C21H14F2N2O4/c22-13-3-7-15(8-4-13)24(21(28)18-2-1-11-29-18)17-12-19(26)25(20(17)27)16-9-5-14(23)6-10-16/h1-11,17H,12H2/t17-/m0/s1. The van der Waals surface area contributed by atoms with Crippen molar-refractivity contribution in [2.45, 2.75) is 12.5 Å². The molecule has 8 heteroatoms. The first kappa shape index (κ1) is 18.5. The van der Waals surface area contributed by atoms with Crippen LogP contribution in [0.3, 0.4) is 0 Å². The summed E-state index contributed by atoms with van der Waals surface area (Å²) < 4.78 is 31.7. The van der Waals surface area contributed by atoms with Crippen molar-refractivity contribution in [3.8, 4) is 0 Å². The molecule has 3 aromatic rings. The summed E-state index contributed by atoms with van der Waals surface area (Å²) in [6.07, 6.45) is 1.03. The van der Waals surface area contributed by atoms with Crippen molar-refractivity contribution in [2.24, 2.45) is 0 Å². The van der Waals surface area contributed by atoms with Gasteiger partial charge in [-0.25, -0.2) is 13.7 Å². The fourth-order valence-corrected chi connectivity index (χ4v) is 3.24. The van der Waals surface area contributed by atoms with Crippen LogP contribution in [0.2, 0.25) is 0 Å². The molecule has 0 radical (unpaired) electrons. The molecule has 4 rings (SSSR count). The number of anilines is 2. The first-order valence-electron chi connectivity index (χ1n) is 8.70. The molecule has 2 heterocycles. The topological polar surface area (TPSA) is 70.8 Å². The fourth-order valence-electron chi connectivity index (χ4n) is 3.24. The van der Waals surface area contributed by atoms with Crippen LogP contribution in [0.15, 0.2) is 71.3 Å². The number of carbonyl (C=O) groups excluding carboxylic acids is 3. The Balaban J connectivity index is 1.73. The number of benzene rings is 2. The minimum atomic E-state index is -1.16. The molecule has 1 fully saturated rings. The Kier molecular flexibility index (Phi) is 4.67. The zero-order valence-corrected chi connectivity index (χ0v) is 14.9. The van der Waals surface area contributed by atoms with Gasteiger partial charge in [0.1, 0.15) is 17.7 Å². The van der Waals surface area contributed by atoms with Gasteiger partial charge in [-0.1, -0.05) is 0 Å². The van der Waals surface area contributed by atoms with E-state index >= 15 is 0 Å². The summed E-state index contributed by atoms with van der Waals surface area (Å²) in [6.45, 7) is 0. The number of furan rings is 1. The Bertz CT molecular complexity index is 1060. The van der Waals surface area contributed by atoms with Gasteiger partial charge in [0.2, 0.25) is 5.91 Å². The second kappa shape index (κ2) is 7.31. The summed E-state index contributed by atoms with van der Waals surface area (Å²) in [4.78, 5) is 40.7. The smallest absolute Gasteiger partial charge is 0.294 e. The van der Waals surface area contributed by atoms with E-state index in [1.54, 1.807) is 0 Å². The molecule has 1 saturated heterocycles. The van der Waals surface area contributed by atoms with Gasteiger partial charge in [0.15, 0.2) is 5.76 Å². The van der Waals surface area contributed by atoms with Gasteiger partial charge in [0.05, 0.1) is 18.4 Å². The lowest BCUT2D eigenvalue weighted by Crippen LogP contribution is -2.45. The third-order valence-electron chi connectivity index (χ3n) is 4.57. The van der Waals surface area contributed by atoms with Gasteiger partial charge in [0.25, 0.3) is 11.8 Å². The SMILES string of the molecule is O=C1C[C@H](N(C(=O)c2ccco2)c2ccc(F)cc2)C(=O)N1c1ccc(F)cc1. The van der Waals surface area contributed by atoms with Gasteiger partial charge < -0.3 is 4.42 Å². The highest BCUT2D eigenvalue weighted by molar-refractivity contribution is 6.25. The van der Waals surface area contributed by atoms with E-state index in [-0.39, 0.29) is 23.6 Å². The molecule has 0 N–H and O–H groups in total. The first-order chi connectivity index (χ1) is 14.0. The van der Waals surface area contributed by atoms with E-state index in [2.05, 4.69) is 0 Å². The molecule has 146 valence electrons. The van der Waals surface area contributed by atoms with E-state index in [4.69, 9.17) is 4.42 Å². The van der Waals surface area contributed by atoms with Crippen molar-refractivity contribution < 1.29 is 27.6 Å². The molecule has 29 heavy (non-hydrogen) atoms. The summed E-state index contributed by atoms with van der Waals surface area (Å²) in [6, 6.07) is 11.7. The van der Waals surface area contributed by atoms with E-state index < -0.39 is 35.4 Å². The summed E-state index contributed by atoms with van der Waals surface area (Å²) in [7, 11) is 0. The summed E-state index contributed by atoms with van der Waals surface area (Å²) >= 11 is 0. The second-order valence-electron chi connectivity index (χ2n) is 6.39. The molecule has 0 unspecified atom stereocenters. The maximum atomic E-state index is 13.4. The van der Waals surface area contributed by atoms with Crippen molar-refractivity contribution in [1.82, 2.24) is 0 Å². The predicted octanol–water partition coefficient (Wildman–Crippen LogP) is 3.54. The Morgan fingerprint density at radius 3 is 2.17 bits per heavy atom. The van der Waals surface area contributed by atoms with E-state index in [0.717, 1.165) is 34.1 Å². The number of hydrogen-bond acceptors (Lipinski definition) is 4. The van der Waals surface area contributed by atoms with E-state index in [1.807, 2.05) is 0 Å². The number of carbonyl (C=O) groups is 3. The molecule has 2 aromatic carbocycles. The maximum absolute atomic E-state index is 13.4. The second-order valence-corrected chi connectivity index (χ2v) is 6.39. The first-order valence-corrected chi connectivity index (χ1v) is 8.70. The number of hydrogen-bond donors (Lipinski definition) is 0. The third-order valence-corrected chi connectivity index (χ3v) is 4.57. The minimum Gasteiger partial charge on any atom is -0.459 e. The van der Waals surface area contributed by atoms with Crippen LogP contribution >= 0.6 is 0 Å². The van der Waals surface area contributed by atoms with Crippen LogP contribution in [-0.2, 0) is 9.59 Å². The molecular weight excluding hydrogens is 382 g/mol. The highest BCUT2D eigenvalue weighted by Crippen LogP contribution is 2.30. The van der Waals surface area contributed by atoms with Crippen molar-refractivity contribution in [1.29, 1.82) is 0 Å². The van der Waals surface area contributed by atoms with E-state index in [9.17, 15) is 23.2 Å². The molecule has 6 nitrogen and oxygen atoms in total. The van der Waals surface area contributed by atoms with Crippen molar-refractivity contribution in [3.05, 3.63) is 84.3 Å². The van der Waals surface area contributed by atoms with Crippen LogP contribution in [-0.4, -0.2) is 23.8 Å². The molecule has 1 atom stereocenters. The fraction of sp³-hybridized carbons (Fsp3) is 0.0952. The van der Waals surface area contributed by atoms with Crippen LogP contribution in [0.25, 0.3) is 0 Å². The van der Waals surface area contributed by atoms with Crippen molar-refractivity contribution in [2.75, 3.05) is 9.80 Å². The molecule has 3 amide bonds. The van der Waals surface area contributed by atoms with E-state index in [0.29, 0.717) is 0 Å². The quantitative estimate of drug-likeness (QED) is 0.633. The summed E-state index contributed by atoms with van der Waals surface area (Å²) in [5.74, 6) is -2.88. The molecule has 1 aliphatic rings. The van der Waals surface area contributed by atoms with Gasteiger partial charge in [-0.3, -0.25) is 19.3 Å². The van der Waals surface area contributed by atoms with Crippen LogP contribution < -0.4 is 9.80 Å². The zero-order valence-electron chi connectivity index (χ0n) is 14.9. The lowest BCUT2D eigenvalue weighted by molar-refractivity contribution is -0.121. The third kappa shape index (κ3) is 3.40. The van der Waals surface area contributed by atoms with Crippen LogP contribution in [0, 0.1) is 11.6 Å². The molecule has 1 aliphatic heterocycles. The molecular formula is C21H14F2N2O4. The zero-order chi connectivity index (χ0) is 20.5. The number of amides is 3. The van der Waals surface area contributed by atoms with Crippen LogP contribution in [0.5, 0.6) is 0 Å². The van der Waals surface area contributed by atoms with Crippen LogP contribution in [0.4, 0.5) is 20.2 Å². The Morgan fingerprint density at radius 1 is 0.966 bits per heavy atom. The van der Waals surface area contributed by atoms with E-state index in [1.165, 1.54) is 42.7 Å². The Morgan fingerprint density at radius 2 is 1.59 bits per heavy atom. The van der Waals surface area contributed by atoms with Gasteiger partial charge in [0, 0.05) is 5.69 Å². The average Bonchev–Trinajstić information content (AvgIpc) is 3.34. The maximum Gasteiger partial charge on any atom is 0.294 e. The highest BCUT2D eigenvalue weighted by Gasteiger charge is 2.45. The summed E-state index contributed by atoms with van der Waals surface area (Å²) in [5, 5.41) is 0. The summed E-state index contributed by atoms with van der Waals surface area (Å²) in [5.41, 5.74) is 0.438. The number of halogens is 2. The molecule has 0 aliphatic carbocycles. The predicted molar refractivity (Wildman–Crippen MR) is 99.2 cm³/mol. The Hall–Kier alpha value is -3.81. The van der Waals surface area contributed by atoms with Gasteiger partial charge in [-0.05, 0) is 60.7 Å². The number of nitrogens with zero attached hydrogens (tertiary/aromatic N) is 2. The monoisotopic (exact) mass is 396 g/mol. The normalized spacial score (nSPS) is 16.3. The Labute approximate surface area is 163 Å². The lowest BCUT2D eigenvalue weighted by atomic mass is 10.1. The van der Waals surface area contributed by atoms with Gasteiger partial charge in [-0.15, -0.1) is 0 Å². The van der Waals surface area contributed by atoms with Crippen molar-refractivity contribution in [3.63, 3.8) is 0 Å². The minimum absolute atomic E-state index is 0.0326. The molecule has 1 aromatic heterocycles. The number of imide groups is 1.